The molecule has 0 aromatic heterocycles. The fraction of sp³-hybridized carbons (Fsp3) is 0.176. The average Bonchev–Trinajstić information content (AvgIpc) is 2.61. The van der Waals surface area contributed by atoms with Gasteiger partial charge < -0.3 is 9.84 Å². The Morgan fingerprint density at radius 3 is 2.80 bits per heavy atom. The van der Waals surface area contributed by atoms with Crippen molar-refractivity contribution in [1.82, 2.24) is 5.43 Å². The van der Waals surface area contributed by atoms with Crippen LogP contribution in [0.2, 0.25) is 0 Å². The zero-order chi connectivity index (χ0) is 18.2. The van der Waals surface area contributed by atoms with Crippen molar-refractivity contribution < 1.29 is 19.6 Å². The molecular formula is C17H17N3O5. The van der Waals surface area contributed by atoms with Gasteiger partial charge in [0.25, 0.3) is 5.91 Å². The second kappa shape index (κ2) is 8.44. The van der Waals surface area contributed by atoms with E-state index in [1.54, 1.807) is 24.3 Å². The lowest BCUT2D eigenvalue weighted by Crippen LogP contribution is -2.24. The predicted octanol–water partition coefficient (Wildman–Crippen LogP) is 2.39. The third-order valence-electron chi connectivity index (χ3n) is 3.32. The van der Waals surface area contributed by atoms with E-state index >= 15 is 0 Å². The zero-order valence-corrected chi connectivity index (χ0v) is 13.5. The summed E-state index contributed by atoms with van der Waals surface area (Å²) in [5, 5.41) is 24.3. The van der Waals surface area contributed by atoms with E-state index in [2.05, 4.69) is 10.5 Å². The van der Waals surface area contributed by atoms with Crippen LogP contribution in [0.4, 0.5) is 5.69 Å². The number of ether oxygens (including phenoxy) is 1. The number of nitrogens with one attached hydrogen (secondary N) is 1. The van der Waals surface area contributed by atoms with Crippen LogP contribution in [0.15, 0.2) is 47.6 Å². The van der Waals surface area contributed by atoms with Crippen molar-refractivity contribution in [3.8, 4) is 11.5 Å². The molecule has 0 spiro atoms. The molecule has 0 fully saturated rings. The highest BCUT2D eigenvalue weighted by Gasteiger charge is 2.16. The van der Waals surface area contributed by atoms with E-state index in [9.17, 15) is 20.0 Å². The molecule has 0 aliphatic carbocycles. The number of para-hydroxylation sites is 1. The fourth-order valence-electron chi connectivity index (χ4n) is 1.99. The Balaban J connectivity index is 1.94. The maximum Gasteiger partial charge on any atom is 0.311 e. The molecule has 0 aliphatic heterocycles. The van der Waals surface area contributed by atoms with Crippen molar-refractivity contribution in [1.29, 1.82) is 0 Å². The van der Waals surface area contributed by atoms with Gasteiger partial charge >= 0.3 is 5.69 Å². The quantitative estimate of drug-likeness (QED) is 0.455. The summed E-state index contributed by atoms with van der Waals surface area (Å²) >= 11 is 0. The Hall–Kier alpha value is -3.42. The first-order valence-corrected chi connectivity index (χ1v) is 7.51. The van der Waals surface area contributed by atoms with Crippen LogP contribution >= 0.6 is 0 Å². The average molecular weight is 343 g/mol. The summed E-state index contributed by atoms with van der Waals surface area (Å²) in [7, 11) is 0. The van der Waals surface area contributed by atoms with Crippen LogP contribution in [0.25, 0.3) is 0 Å². The van der Waals surface area contributed by atoms with Crippen molar-refractivity contribution in [2.24, 2.45) is 5.10 Å². The number of carbonyl (C=O) groups is 1. The molecule has 0 saturated heterocycles. The highest BCUT2D eigenvalue weighted by atomic mass is 16.6. The molecule has 0 saturated carbocycles. The Kier molecular flexibility index (Phi) is 6.05. The molecular weight excluding hydrogens is 326 g/mol. The summed E-state index contributed by atoms with van der Waals surface area (Å²) in [6.07, 6.45) is 1.94. The summed E-state index contributed by atoms with van der Waals surface area (Å²) in [6.45, 7) is 1.46. The molecule has 2 aromatic rings. The number of carbonyl (C=O) groups excluding carboxylic acids is 1. The van der Waals surface area contributed by atoms with E-state index in [1.807, 2.05) is 6.92 Å². The van der Waals surface area contributed by atoms with E-state index < -0.39 is 17.4 Å². The SMILES string of the molecule is CCc1ccc(OCC(=O)NN=Cc2ccccc2O)c([N+](=O)[O-])c1. The lowest BCUT2D eigenvalue weighted by atomic mass is 10.1. The molecule has 8 nitrogen and oxygen atoms in total. The number of benzene rings is 2. The van der Waals surface area contributed by atoms with Gasteiger partial charge in [-0.05, 0) is 30.2 Å². The molecule has 2 aromatic carbocycles. The number of hydrogen-bond acceptors (Lipinski definition) is 6. The molecule has 0 unspecified atom stereocenters. The molecule has 1 amide bonds. The number of hydrogen-bond donors (Lipinski definition) is 2. The number of hydrazone groups is 1. The Labute approximate surface area is 143 Å². The molecule has 130 valence electrons. The minimum Gasteiger partial charge on any atom is -0.507 e. The van der Waals surface area contributed by atoms with Crippen LogP contribution in [-0.2, 0) is 11.2 Å². The minimum absolute atomic E-state index is 0.0158. The molecule has 0 aliphatic rings. The second-order valence-corrected chi connectivity index (χ2v) is 5.05. The molecule has 0 heterocycles. The van der Waals surface area contributed by atoms with E-state index in [4.69, 9.17) is 4.74 Å². The summed E-state index contributed by atoms with van der Waals surface area (Å²) in [6, 6.07) is 11.1. The summed E-state index contributed by atoms with van der Waals surface area (Å²) < 4.78 is 5.21. The van der Waals surface area contributed by atoms with Crippen LogP contribution in [-0.4, -0.2) is 28.8 Å². The Morgan fingerprint density at radius 2 is 2.12 bits per heavy atom. The fourth-order valence-corrected chi connectivity index (χ4v) is 1.99. The van der Waals surface area contributed by atoms with Crippen molar-refractivity contribution >= 4 is 17.8 Å². The zero-order valence-electron chi connectivity index (χ0n) is 13.5. The van der Waals surface area contributed by atoms with Gasteiger partial charge in [-0.2, -0.15) is 5.10 Å². The number of nitro groups is 1. The molecule has 25 heavy (non-hydrogen) atoms. The summed E-state index contributed by atoms with van der Waals surface area (Å²) in [4.78, 5) is 22.2. The van der Waals surface area contributed by atoms with Gasteiger partial charge in [-0.25, -0.2) is 5.43 Å². The number of phenolic OH excluding ortho intramolecular Hbond substituents is 1. The topological polar surface area (TPSA) is 114 Å². The molecule has 0 atom stereocenters. The van der Waals surface area contributed by atoms with E-state index in [0.29, 0.717) is 12.0 Å². The standard InChI is InChI=1S/C17H17N3O5/c1-2-12-7-8-16(14(9-12)20(23)24)25-11-17(22)19-18-10-13-5-3-4-6-15(13)21/h3-10,21H,2,11H2,1H3,(H,19,22). The molecule has 0 radical (unpaired) electrons. The number of nitrogens with zero attached hydrogens (tertiary/aromatic N) is 2. The van der Waals surface area contributed by atoms with Crippen molar-refractivity contribution in [3.05, 3.63) is 63.7 Å². The number of phenols is 1. The highest BCUT2D eigenvalue weighted by Crippen LogP contribution is 2.28. The Bertz CT molecular complexity index is 805. The van der Waals surface area contributed by atoms with Crippen molar-refractivity contribution in [2.45, 2.75) is 13.3 Å². The number of amides is 1. The van der Waals surface area contributed by atoms with Gasteiger partial charge in [-0.3, -0.25) is 14.9 Å². The number of aryl methyl sites for hydroxylation is 1. The lowest BCUT2D eigenvalue weighted by molar-refractivity contribution is -0.385. The van der Waals surface area contributed by atoms with Crippen LogP contribution in [0, 0.1) is 10.1 Å². The van der Waals surface area contributed by atoms with Gasteiger partial charge in [0.2, 0.25) is 0 Å². The number of aromatic hydroxyl groups is 1. The van der Waals surface area contributed by atoms with Crippen LogP contribution < -0.4 is 10.2 Å². The third kappa shape index (κ3) is 5.03. The molecule has 0 bridgehead atoms. The van der Waals surface area contributed by atoms with Crippen LogP contribution in [0.5, 0.6) is 11.5 Å². The first kappa shape index (κ1) is 17.9. The van der Waals surface area contributed by atoms with Gasteiger partial charge in [0, 0.05) is 11.6 Å². The lowest BCUT2D eigenvalue weighted by Gasteiger charge is -2.07. The van der Waals surface area contributed by atoms with Crippen molar-refractivity contribution in [2.75, 3.05) is 6.61 Å². The van der Waals surface area contributed by atoms with Gasteiger partial charge in [-0.1, -0.05) is 25.1 Å². The maximum atomic E-state index is 11.7. The van der Waals surface area contributed by atoms with Gasteiger partial charge in [-0.15, -0.1) is 0 Å². The van der Waals surface area contributed by atoms with Gasteiger partial charge in [0.1, 0.15) is 5.75 Å². The normalized spacial score (nSPS) is 10.6. The second-order valence-electron chi connectivity index (χ2n) is 5.05. The largest absolute Gasteiger partial charge is 0.507 e. The Morgan fingerprint density at radius 1 is 1.36 bits per heavy atom. The highest BCUT2D eigenvalue weighted by molar-refractivity contribution is 5.85. The molecule has 2 rings (SSSR count). The summed E-state index contributed by atoms with van der Waals surface area (Å²) in [5.41, 5.74) is 3.28. The first-order chi connectivity index (χ1) is 12.0. The number of rotatable bonds is 7. The summed E-state index contributed by atoms with van der Waals surface area (Å²) in [5.74, 6) is -0.536. The van der Waals surface area contributed by atoms with E-state index in [-0.39, 0.29) is 17.2 Å². The number of nitro benzene ring substituents is 1. The molecule has 8 heteroatoms. The maximum absolute atomic E-state index is 11.7. The minimum atomic E-state index is -0.583. The van der Waals surface area contributed by atoms with Crippen LogP contribution in [0.1, 0.15) is 18.1 Å². The monoisotopic (exact) mass is 343 g/mol. The van der Waals surface area contributed by atoms with Gasteiger partial charge in [0.05, 0.1) is 11.1 Å². The van der Waals surface area contributed by atoms with E-state index in [1.165, 1.54) is 24.4 Å². The molecule has 2 N–H and O–H groups in total. The smallest absolute Gasteiger partial charge is 0.311 e. The van der Waals surface area contributed by atoms with Gasteiger partial charge in [0.15, 0.2) is 12.4 Å². The predicted molar refractivity (Wildman–Crippen MR) is 91.8 cm³/mol. The van der Waals surface area contributed by atoms with Crippen LogP contribution in [0.3, 0.4) is 0 Å². The van der Waals surface area contributed by atoms with E-state index in [0.717, 1.165) is 5.56 Å². The third-order valence-corrected chi connectivity index (χ3v) is 3.32. The van der Waals surface area contributed by atoms with Crippen molar-refractivity contribution in [3.63, 3.8) is 0 Å². The first-order valence-electron chi connectivity index (χ1n) is 7.51.